The fraction of sp³-hybridized carbons (Fsp3) is 0.375. The molecule has 1 aliphatic carbocycles. The Hall–Kier alpha value is -0.890. The van der Waals surface area contributed by atoms with Crippen LogP contribution in [0, 0.1) is 0 Å². The second-order valence-electron chi connectivity index (χ2n) is 2.79. The molecule has 2 nitrogen and oxygen atoms in total. The van der Waals surface area contributed by atoms with Crippen LogP contribution in [0.25, 0.3) is 0 Å². The predicted molar refractivity (Wildman–Crippen MR) is 39.6 cm³/mol. The number of hydrogen-bond acceptors (Lipinski definition) is 2. The molecule has 2 atom stereocenters. The van der Waals surface area contributed by atoms with E-state index < -0.39 is 0 Å². The molecule has 1 heterocycles. The summed E-state index contributed by atoms with van der Waals surface area (Å²) in [6.45, 7) is 0. The first-order valence-corrected chi connectivity index (χ1v) is 3.53. The van der Waals surface area contributed by atoms with Crippen LogP contribution in [-0.4, -0.2) is 11.0 Å². The fourth-order valence-electron chi connectivity index (χ4n) is 1.21. The van der Waals surface area contributed by atoms with Crippen LogP contribution in [0.1, 0.15) is 17.9 Å². The van der Waals surface area contributed by atoms with E-state index in [1.165, 1.54) is 5.56 Å². The number of nitrogens with two attached hydrogens (primary N) is 1. The summed E-state index contributed by atoms with van der Waals surface area (Å²) in [5.74, 6) is 0.614. The van der Waals surface area contributed by atoms with Gasteiger partial charge in [-0.05, 0) is 24.1 Å². The Morgan fingerprint density at radius 1 is 1.40 bits per heavy atom. The summed E-state index contributed by atoms with van der Waals surface area (Å²) in [7, 11) is 0. The quantitative estimate of drug-likeness (QED) is 0.619. The third-order valence-electron chi connectivity index (χ3n) is 1.97. The molecule has 1 saturated carbocycles. The smallest absolute Gasteiger partial charge is 0.0270 e. The van der Waals surface area contributed by atoms with Crippen molar-refractivity contribution in [2.24, 2.45) is 5.73 Å². The molecule has 0 aromatic carbocycles. The first-order chi connectivity index (χ1) is 4.88. The van der Waals surface area contributed by atoms with Crippen molar-refractivity contribution in [2.75, 3.05) is 0 Å². The molecule has 0 aliphatic heterocycles. The summed E-state index contributed by atoms with van der Waals surface area (Å²) in [5.41, 5.74) is 7.01. The number of pyridine rings is 1. The Balaban J connectivity index is 2.20. The molecule has 0 bridgehead atoms. The van der Waals surface area contributed by atoms with E-state index in [2.05, 4.69) is 4.98 Å². The molecular formula is C8H10N2. The van der Waals surface area contributed by atoms with Gasteiger partial charge < -0.3 is 5.73 Å². The van der Waals surface area contributed by atoms with E-state index in [4.69, 9.17) is 5.73 Å². The van der Waals surface area contributed by atoms with Crippen molar-refractivity contribution >= 4 is 0 Å². The number of aromatic nitrogens is 1. The van der Waals surface area contributed by atoms with E-state index in [-0.39, 0.29) is 0 Å². The molecule has 52 valence electrons. The molecule has 10 heavy (non-hydrogen) atoms. The number of hydrogen-bond donors (Lipinski definition) is 1. The lowest BCUT2D eigenvalue weighted by molar-refractivity contribution is 0.986. The van der Waals surface area contributed by atoms with Crippen molar-refractivity contribution in [1.29, 1.82) is 0 Å². The van der Waals surface area contributed by atoms with Crippen LogP contribution in [0.5, 0.6) is 0 Å². The van der Waals surface area contributed by atoms with Gasteiger partial charge in [0.15, 0.2) is 0 Å². The van der Waals surface area contributed by atoms with Crippen molar-refractivity contribution < 1.29 is 0 Å². The van der Waals surface area contributed by atoms with E-state index in [9.17, 15) is 0 Å². The van der Waals surface area contributed by atoms with Crippen molar-refractivity contribution in [3.05, 3.63) is 30.1 Å². The monoisotopic (exact) mass is 134 g/mol. The van der Waals surface area contributed by atoms with Crippen LogP contribution in [0.15, 0.2) is 24.5 Å². The van der Waals surface area contributed by atoms with Crippen LogP contribution in [0.2, 0.25) is 0 Å². The zero-order valence-electron chi connectivity index (χ0n) is 5.70. The lowest BCUT2D eigenvalue weighted by Crippen LogP contribution is -2.00. The van der Waals surface area contributed by atoms with Crippen LogP contribution >= 0.6 is 0 Å². The average molecular weight is 134 g/mol. The zero-order valence-corrected chi connectivity index (χ0v) is 5.70. The van der Waals surface area contributed by atoms with Crippen LogP contribution in [-0.2, 0) is 0 Å². The van der Waals surface area contributed by atoms with E-state index in [0.29, 0.717) is 12.0 Å². The van der Waals surface area contributed by atoms with E-state index >= 15 is 0 Å². The highest BCUT2D eigenvalue weighted by atomic mass is 14.7. The molecular weight excluding hydrogens is 124 g/mol. The first kappa shape index (κ1) is 5.86. The van der Waals surface area contributed by atoms with Crippen molar-refractivity contribution in [3.63, 3.8) is 0 Å². The summed E-state index contributed by atoms with van der Waals surface area (Å²) in [5, 5.41) is 0. The summed E-state index contributed by atoms with van der Waals surface area (Å²) >= 11 is 0. The van der Waals surface area contributed by atoms with Gasteiger partial charge in [-0.15, -0.1) is 0 Å². The summed E-state index contributed by atoms with van der Waals surface area (Å²) < 4.78 is 0. The molecule has 1 aromatic heterocycles. The van der Waals surface area contributed by atoms with E-state index in [0.717, 1.165) is 6.42 Å². The Morgan fingerprint density at radius 2 is 2.00 bits per heavy atom. The highest BCUT2D eigenvalue weighted by molar-refractivity contribution is 5.24. The largest absolute Gasteiger partial charge is 0.327 e. The van der Waals surface area contributed by atoms with Crippen molar-refractivity contribution in [1.82, 2.24) is 4.98 Å². The van der Waals surface area contributed by atoms with E-state index in [1.54, 1.807) is 0 Å². The van der Waals surface area contributed by atoms with Crippen LogP contribution in [0.4, 0.5) is 0 Å². The fourth-order valence-corrected chi connectivity index (χ4v) is 1.21. The van der Waals surface area contributed by atoms with Crippen LogP contribution in [0.3, 0.4) is 0 Å². The maximum Gasteiger partial charge on any atom is 0.0270 e. The summed E-state index contributed by atoms with van der Waals surface area (Å²) in [4.78, 5) is 3.94. The van der Waals surface area contributed by atoms with Gasteiger partial charge in [-0.2, -0.15) is 0 Å². The third-order valence-corrected chi connectivity index (χ3v) is 1.97. The second kappa shape index (κ2) is 2.06. The molecule has 0 spiro atoms. The molecule has 1 aromatic rings. The van der Waals surface area contributed by atoms with E-state index in [1.807, 2.05) is 24.5 Å². The van der Waals surface area contributed by atoms with Crippen molar-refractivity contribution in [3.8, 4) is 0 Å². The first-order valence-electron chi connectivity index (χ1n) is 3.53. The van der Waals surface area contributed by atoms with Gasteiger partial charge in [-0.1, -0.05) is 0 Å². The molecule has 0 radical (unpaired) electrons. The van der Waals surface area contributed by atoms with Gasteiger partial charge in [0, 0.05) is 24.4 Å². The lowest BCUT2D eigenvalue weighted by Gasteiger charge is -1.93. The molecule has 1 fully saturated rings. The van der Waals surface area contributed by atoms with Gasteiger partial charge >= 0.3 is 0 Å². The average Bonchev–Trinajstić information content (AvgIpc) is 2.69. The topological polar surface area (TPSA) is 38.9 Å². The van der Waals surface area contributed by atoms with Gasteiger partial charge in [0.2, 0.25) is 0 Å². The maximum atomic E-state index is 5.68. The Bertz CT molecular complexity index is 220. The van der Waals surface area contributed by atoms with Crippen LogP contribution < -0.4 is 5.73 Å². The summed E-state index contributed by atoms with van der Waals surface area (Å²) in [6.07, 6.45) is 4.78. The van der Waals surface area contributed by atoms with Gasteiger partial charge in [0.1, 0.15) is 0 Å². The van der Waals surface area contributed by atoms with Crippen molar-refractivity contribution in [2.45, 2.75) is 18.4 Å². The van der Waals surface area contributed by atoms with Gasteiger partial charge in [0.05, 0.1) is 0 Å². The lowest BCUT2D eigenvalue weighted by atomic mass is 10.2. The molecule has 2 rings (SSSR count). The normalized spacial score (nSPS) is 30.1. The van der Waals surface area contributed by atoms with Gasteiger partial charge in [-0.3, -0.25) is 4.98 Å². The van der Waals surface area contributed by atoms with Gasteiger partial charge in [0.25, 0.3) is 0 Å². The van der Waals surface area contributed by atoms with Gasteiger partial charge in [-0.25, -0.2) is 0 Å². The third kappa shape index (κ3) is 0.907. The maximum absolute atomic E-state index is 5.68. The Kier molecular flexibility index (Phi) is 1.21. The highest BCUT2D eigenvalue weighted by Crippen LogP contribution is 2.38. The Labute approximate surface area is 60.1 Å². The highest BCUT2D eigenvalue weighted by Gasteiger charge is 2.34. The summed E-state index contributed by atoms with van der Waals surface area (Å²) in [6, 6.07) is 4.48. The molecule has 2 N–H and O–H groups in total. The number of nitrogens with zero attached hydrogens (tertiary/aromatic N) is 1. The minimum atomic E-state index is 0.405. The minimum Gasteiger partial charge on any atom is -0.327 e. The Morgan fingerprint density at radius 3 is 2.50 bits per heavy atom. The molecule has 0 saturated heterocycles. The molecule has 0 amide bonds. The SMILES string of the molecule is N[C@H]1C[C@@H]1c1ccncc1. The minimum absolute atomic E-state index is 0.405. The zero-order chi connectivity index (χ0) is 6.97. The molecule has 0 unspecified atom stereocenters. The molecule has 1 aliphatic rings. The number of rotatable bonds is 1. The second-order valence-corrected chi connectivity index (χ2v) is 2.79. The predicted octanol–water partition coefficient (Wildman–Crippen LogP) is 0.896. The molecule has 2 heteroatoms. The standard InChI is InChI=1S/C8H10N2/c9-8-5-7(8)6-1-3-10-4-2-6/h1-4,7-8H,5,9H2/t7-,8+/m1/s1.